The molecule has 8 nitrogen and oxygen atoms in total. The lowest BCUT2D eigenvalue weighted by molar-refractivity contribution is -0.0550. The molecule has 1 unspecified atom stereocenters. The number of aromatic nitrogens is 2. The number of aliphatic hydroxyl groups excluding tert-OH is 3. The van der Waals surface area contributed by atoms with Crippen LogP contribution in [0.1, 0.15) is 8.97 Å². The van der Waals surface area contributed by atoms with Gasteiger partial charge in [0, 0.05) is 12.2 Å². The fourth-order valence-corrected chi connectivity index (χ4v) is 1.62. The van der Waals surface area contributed by atoms with Gasteiger partial charge in [0.05, 0.1) is 9.35 Å². The predicted octanol–water partition coefficient (Wildman–Crippen LogP) is -2.85. The third-order valence-electron chi connectivity index (χ3n) is 2.50. The number of nitrogens with zero attached hydrogens (tertiary/aromatic N) is 1. The molecule has 0 spiro atoms. The second kappa shape index (κ2) is 4.41. The number of rotatable bonds is 2. The van der Waals surface area contributed by atoms with Gasteiger partial charge in [-0.15, -0.1) is 0 Å². The summed E-state index contributed by atoms with van der Waals surface area (Å²) in [7, 11) is 0. The lowest BCUT2D eigenvalue weighted by Gasteiger charge is -2.16. The zero-order valence-corrected chi connectivity index (χ0v) is 8.53. The molecule has 0 radical (unpaired) electrons. The second-order valence-corrected chi connectivity index (χ2v) is 3.59. The minimum absolute atomic E-state index is 0.549. The Labute approximate surface area is 97.5 Å². The molecule has 1 fully saturated rings. The maximum atomic E-state index is 11.6. The highest BCUT2D eigenvalue weighted by atomic mass is 16.6. The summed E-state index contributed by atoms with van der Waals surface area (Å²) in [6.45, 7) is -0.589. The quantitative estimate of drug-likeness (QED) is 0.445. The average Bonchev–Trinajstić information content (AvgIpc) is 2.64. The minimum Gasteiger partial charge on any atom is -0.394 e. The Morgan fingerprint density at radius 1 is 1.47 bits per heavy atom. The van der Waals surface area contributed by atoms with Crippen LogP contribution in [-0.4, -0.2) is 49.8 Å². The first-order valence-electron chi connectivity index (χ1n) is 5.83. The fraction of sp³-hybridized carbons (Fsp3) is 0.556. The third-order valence-corrected chi connectivity index (χ3v) is 2.50. The van der Waals surface area contributed by atoms with Crippen LogP contribution in [0.2, 0.25) is 0 Å². The molecule has 17 heavy (non-hydrogen) atoms. The van der Waals surface area contributed by atoms with Crippen LogP contribution in [0, 0.1) is 0 Å². The maximum Gasteiger partial charge on any atom is 0.330 e. The minimum atomic E-state index is -1.57. The molecule has 2 rings (SSSR count). The summed E-state index contributed by atoms with van der Waals surface area (Å²) in [6, 6.07) is -0.766. The fourth-order valence-electron chi connectivity index (χ4n) is 1.62. The molecule has 1 saturated heterocycles. The summed E-state index contributed by atoms with van der Waals surface area (Å²) in [6.07, 6.45) is -6.32. The summed E-state index contributed by atoms with van der Waals surface area (Å²) < 4.78 is 20.5. The molecule has 1 aliphatic heterocycles. The van der Waals surface area contributed by atoms with Gasteiger partial charge >= 0.3 is 5.69 Å². The topological polar surface area (TPSA) is 125 Å². The van der Waals surface area contributed by atoms with Crippen molar-refractivity contribution in [3.63, 3.8) is 0 Å². The van der Waals surface area contributed by atoms with Crippen molar-refractivity contribution in [3.8, 4) is 0 Å². The first-order valence-corrected chi connectivity index (χ1v) is 4.83. The molecule has 1 aromatic rings. The molecule has 1 aromatic heterocycles. The molecule has 0 aliphatic carbocycles. The van der Waals surface area contributed by atoms with Gasteiger partial charge in [-0.1, -0.05) is 0 Å². The van der Waals surface area contributed by atoms with Gasteiger partial charge in [0.1, 0.15) is 18.3 Å². The molecule has 8 heteroatoms. The van der Waals surface area contributed by atoms with E-state index < -0.39 is 54.6 Å². The lowest BCUT2D eigenvalue weighted by atomic mass is 10.1. The van der Waals surface area contributed by atoms with Crippen molar-refractivity contribution in [1.29, 1.82) is 0 Å². The SMILES string of the molecule is [2H]c1c([2H])n([C@@H]2O[C@H](CO)[C@@H](O)C2O)c(=O)[nH]c1=O. The number of hydrogen-bond donors (Lipinski definition) is 4. The average molecular weight is 246 g/mol. The van der Waals surface area contributed by atoms with Crippen LogP contribution < -0.4 is 11.2 Å². The monoisotopic (exact) mass is 246 g/mol. The lowest BCUT2D eigenvalue weighted by Crippen LogP contribution is -2.37. The van der Waals surface area contributed by atoms with Crippen LogP contribution in [0.3, 0.4) is 0 Å². The number of nitrogens with one attached hydrogen (secondary N) is 1. The van der Waals surface area contributed by atoms with Gasteiger partial charge in [-0.05, 0) is 0 Å². The summed E-state index contributed by atoms with van der Waals surface area (Å²) in [5, 5.41) is 28.2. The van der Waals surface area contributed by atoms with Crippen molar-refractivity contribution in [2.75, 3.05) is 6.61 Å². The molecule has 4 atom stereocenters. The molecule has 2 heterocycles. The Balaban J connectivity index is 2.52. The molecule has 0 aromatic carbocycles. The van der Waals surface area contributed by atoms with Crippen LogP contribution in [0.4, 0.5) is 0 Å². The third kappa shape index (κ3) is 2.03. The number of H-pyrrole nitrogens is 1. The highest BCUT2D eigenvalue weighted by molar-refractivity contribution is 4.92. The van der Waals surface area contributed by atoms with E-state index >= 15 is 0 Å². The Hall–Kier alpha value is -1.48. The van der Waals surface area contributed by atoms with Crippen molar-refractivity contribution in [3.05, 3.63) is 33.1 Å². The maximum absolute atomic E-state index is 11.6. The molecular formula is C9H12N2O6. The molecule has 0 saturated carbocycles. The van der Waals surface area contributed by atoms with Crippen molar-refractivity contribution in [1.82, 2.24) is 9.55 Å². The van der Waals surface area contributed by atoms with Crippen molar-refractivity contribution < 1.29 is 22.8 Å². The zero-order valence-electron chi connectivity index (χ0n) is 10.5. The van der Waals surface area contributed by atoms with E-state index in [1.165, 1.54) is 0 Å². The summed E-state index contributed by atoms with van der Waals surface area (Å²) in [5.41, 5.74) is -2.07. The normalized spacial score (nSPS) is 34.5. The standard InChI is InChI=1S/C9H12N2O6/c12-3-4-6(14)7(15)8(17-4)11-2-1-5(13)10-9(11)16/h1-2,4,6-8,12,14-15H,3H2,(H,10,13,16)/t4-,6-,7?,8-/m1/s1/i1D,2D. The number of ether oxygens (including phenoxy) is 1. The Kier molecular flexibility index (Phi) is 2.48. The molecule has 1 aliphatic rings. The number of aromatic amines is 1. The predicted molar refractivity (Wildman–Crippen MR) is 54.3 cm³/mol. The summed E-state index contributed by atoms with van der Waals surface area (Å²) in [5.74, 6) is 0. The van der Waals surface area contributed by atoms with E-state index in [0.717, 1.165) is 0 Å². The number of hydrogen-bond acceptors (Lipinski definition) is 6. The van der Waals surface area contributed by atoms with E-state index in [9.17, 15) is 19.8 Å². The van der Waals surface area contributed by atoms with Gasteiger partial charge in [-0.25, -0.2) is 4.79 Å². The Morgan fingerprint density at radius 2 is 2.18 bits per heavy atom. The van der Waals surface area contributed by atoms with Crippen molar-refractivity contribution in [2.45, 2.75) is 24.5 Å². The Bertz CT molecular complexity index is 599. The van der Waals surface area contributed by atoms with Crippen molar-refractivity contribution in [2.24, 2.45) is 0 Å². The highest BCUT2D eigenvalue weighted by Crippen LogP contribution is 2.27. The van der Waals surface area contributed by atoms with Gasteiger partial charge in [0.15, 0.2) is 6.23 Å². The van der Waals surface area contributed by atoms with E-state index in [4.69, 9.17) is 12.6 Å². The second-order valence-electron chi connectivity index (χ2n) is 3.59. The van der Waals surface area contributed by atoms with Gasteiger partial charge < -0.3 is 20.1 Å². The van der Waals surface area contributed by atoms with E-state index in [2.05, 4.69) is 0 Å². The largest absolute Gasteiger partial charge is 0.394 e. The van der Waals surface area contributed by atoms with E-state index in [1.54, 1.807) is 4.98 Å². The molecule has 94 valence electrons. The van der Waals surface area contributed by atoms with Gasteiger partial charge in [-0.3, -0.25) is 14.3 Å². The summed E-state index contributed by atoms with van der Waals surface area (Å²) >= 11 is 0. The van der Waals surface area contributed by atoms with E-state index in [-0.39, 0.29) is 0 Å². The zero-order chi connectivity index (χ0) is 14.3. The molecule has 0 amide bonds. The molecular weight excluding hydrogens is 232 g/mol. The van der Waals surface area contributed by atoms with Crippen LogP contribution in [0.5, 0.6) is 0 Å². The first kappa shape index (κ1) is 9.54. The van der Waals surface area contributed by atoms with Crippen LogP contribution in [0.25, 0.3) is 0 Å². The van der Waals surface area contributed by atoms with Gasteiger partial charge in [0.25, 0.3) is 5.56 Å². The Morgan fingerprint density at radius 3 is 2.76 bits per heavy atom. The summed E-state index contributed by atoms with van der Waals surface area (Å²) in [4.78, 5) is 24.5. The molecule has 0 bridgehead atoms. The van der Waals surface area contributed by atoms with Crippen LogP contribution in [-0.2, 0) is 4.74 Å². The molecule has 4 N–H and O–H groups in total. The van der Waals surface area contributed by atoms with Crippen LogP contribution in [0.15, 0.2) is 21.8 Å². The van der Waals surface area contributed by atoms with Gasteiger partial charge in [-0.2, -0.15) is 0 Å². The van der Waals surface area contributed by atoms with Gasteiger partial charge in [0.2, 0.25) is 0 Å². The highest BCUT2D eigenvalue weighted by Gasteiger charge is 2.43. The van der Waals surface area contributed by atoms with E-state index in [0.29, 0.717) is 4.57 Å². The van der Waals surface area contributed by atoms with Crippen molar-refractivity contribution >= 4 is 0 Å². The van der Waals surface area contributed by atoms with Crippen LogP contribution >= 0.6 is 0 Å². The smallest absolute Gasteiger partial charge is 0.330 e. The number of aliphatic hydroxyl groups is 3. The first-order chi connectivity index (χ1) is 8.88. The van der Waals surface area contributed by atoms with E-state index in [1.807, 2.05) is 0 Å².